The van der Waals surface area contributed by atoms with E-state index in [0.717, 1.165) is 5.56 Å². The molecule has 8 nitrogen and oxygen atoms in total. The molecule has 9 heteroatoms. The predicted molar refractivity (Wildman–Crippen MR) is 112 cm³/mol. The molecule has 0 unspecified atom stereocenters. The molecule has 1 aliphatic rings. The predicted octanol–water partition coefficient (Wildman–Crippen LogP) is 3.61. The maximum absolute atomic E-state index is 12.8. The first-order chi connectivity index (χ1) is 14.4. The van der Waals surface area contributed by atoms with Crippen molar-refractivity contribution in [3.05, 3.63) is 74.8 Å². The van der Waals surface area contributed by atoms with E-state index < -0.39 is 10.9 Å². The van der Waals surface area contributed by atoms with E-state index >= 15 is 0 Å². The van der Waals surface area contributed by atoms with Gasteiger partial charge in [-0.25, -0.2) is 0 Å². The van der Waals surface area contributed by atoms with Crippen LogP contribution < -0.4 is 0 Å². The third-order valence-electron chi connectivity index (χ3n) is 5.25. The Bertz CT molecular complexity index is 929. The van der Waals surface area contributed by atoms with Crippen LogP contribution in [0.1, 0.15) is 34.8 Å². The summed E-state index contributed by atoms with van der Waals surface area (Å²) < 4.78 is 0. The molecule has 0 aromatic heterocycles. The number of benzene rings is 2. The number of amides is 1. The molecule has 1 N–H and O–H groups in total. The van der Waals surface area contributed by atoms with Gasteiger partial charge in [0.2, 0.25) is 0 Å². The van der Waals surface area contributed by atoms with Crippen LogP contribution in [0.15, 0.2) is 48.5 Å². The minimum atomic E-state index is -0.836. The molecule has 2 aromatic carbocycles. The lowest BCUT2D eigenvalue weighted by Crippen LogP contribution is -2.49. The molecule has 0 spiro atoms. The minimum Gasteiger partial charge on any atom is -0.481 e. The molecular weight excluding hydrogens is 410 g/mol. The Hall–Kier alpha value is -2.97. The highest BCUT2D eigenvalue weighted by atomic mass is 35.5. The number of piperazine rings is 1. The van der Waals surface area contributed by atoms with Crippen molar-refractivity contribution < 1.29 is 19.6 Å². The molecule has 0 saturated carbocycles. The summed E-state index contributed by atoms with van der Waals surface area (Å²) >= 11 is 6.10. The van der Waals surface area contributed by atoms with E-state index in [-0.39, 0.29) is 34.6 Å². The number of aliphatic carboxylic acids is 1. The van der Waals surface area contributed by atoms with Crippen molar-refractivity contribution in [3.63, 3.8) is 0 Å². The molecule has 1 atom stereocenters. The zero-order valence-corrected chi connectivity index (χ0v) is 17.0. The van der Waals surface area contributed by atoms with Crippen LogP contribution in [0.2, 0.25) is 5.02 Å². The molecule has 0 bridgehead atoms. The minimum absolute atomic E-state index is 0.0393. The number of hydrogen-bond acceptors (Lipinski definition) is 5. The van der Waals surface area contributed by atoms with Gasteiger partial charge in [0.05, 0.1) is 15.5 Å². The van der Waals surface area contributed by atoms with E-state index in [9.17, 15) is 19.7 Å². The number of hydrogen-bond donors (Lipinski definition) is 1. The Kier molecular flexibility index (Phi) is 7.02. The average Bonchev–Trinajstić information content (AvgIpc) is 2.74. The van der Waals surface area contributed by atoms with Crippen LogP contribution in [0.4, 0.5) is 5.69 Å². The van der Waals surface area contributed by atoms with Gasteiger partial charge in [0.1, 0.15) is 0 Å². The SMILES string of the molecule is O=C(O)CC[C@@H](c1ccccc1)N1CCN(C(=O)c2ccc([N+](=O)[O-])cc2Cl)CC1. The van der Waals surface area contributed by atoms with Crippen molar-refractivity contribution in [2.24, 2.45) is 0 Å². The van der Waals surface area contributed by atoms with E-state index in [4.69, 9.17) is 16.7 Å². The third-order valence-corrected chi connectivity index (χ3v) is 5.56. The maximum atomic E-state index is 12.8. The van der Waals surface area contributed by atoms with Gasteiger partial charge in [-0.2, -0.15) is 0 Å². The topological polar surface area (TPSA) is 104 Å². The lowest BCUT2D eigenvalue weighted by atomic mass is 9.99. The van der Waals surface area contributed by atoms with Gasteiger partial charge in [0.15, 0.2) is 0 Å². The van der Waals surface area contributed by atoms with Gasteiger partial charge < -0.3 is 10.0 Å². The average molecular weight is 432 g/mol. The molecule has 0 aliphatic carbocycles. The molecule has 1 saturated heterocycles. The smallest absolute Gasteiger partial charge is 0.303 e. The quantitative estimate of drug-likeness (QED) is 0.530. The number of carbonyl (C=O) groups excluding carboxylic acids is 1. The Morgan fingerprint density at radius 1 is 1.10 bits per heavy atom. The van der Waals surface area contributed by atoms with Crippen LogP contribution in [0.5, 0.6) is 0 Å². The summed E-state index contributed by atoms with van der Waals surface area (Å²) in [6.45, 7) is 2.11. The van der Waals surface area contributed by atoms with Gasteiger partial charge in [-0.3, -0.25) is 24.6 Å². The highest BCUT2D eigenvalue weighted by Crippen LogP contribution is 2.28. The molecule has 1 fully saturated rings. The molecule has 158 valence electrons. The normalized spacial score (nSPS) is 15.6. The molecule has 1 heterocycles. The second-order valence-electron chi connectivity index (χ2n) is 7.11. The monoisotopic (exact) mass is 431 g/mol. The van der Waals surface area contributed by atoms with E-state index in [0.29, 0.717) is 32.6 Å². The zero-order valence-electron chi connectivity index (χ0n) is 16.2. The molecule has 3 rings (SSSR count). The third kappa shape index (κ3) is 5.14. The fourth-order valence-corrected chi connectivity index (χ4v) is 3.95. The van der Waals surface area contributed by atoms with Gasteiger partial charge in [-0.1, -0.05) is 41.9 Å². The van der Waals surface area contributed by atoms with Crippen molar-refractivity contribution in [2.75, 3.05) is 26.2 Å². The van der Waals surface area contributed by atoms with Crippen molar-refractivity contribution in [1.82, 2.24) is 9.80 Å². The molecular formula is C21H22ClN3O5. The van der Waals surface area contributed by atoms with Gasteiger partial charge in [-0.15, -0.1) is 0 Å². The molecule has 30 heavy (non-hydrogen) atoms. The van der Waals surface area contributed by atoms with Crippen LogP contribution in [0, 0.1) is 10.1 Å². The summed E-state index contributed by atoms with van der Waals surface area (Å²) in [5.74, 6) is -1.10. The molecule has 0 radical (unpaired) electrons. The van der Waals surface area contributed by atoms with Gasteiger partial charge >= 0.3 is 5.97 Å². The van der Waals surface area contributed by atoms with Crippen LogP contribution >= 0.6 is 11.6 Å². The Labute approximate surface area is 178 Å². The fraction of sp³-hybridized carbons (Fsp3) is 0.333. The highest BCUT2D eigenvalue weighted by molar-refractivity contribution is 6.34. The largest absolute Gasteiger partial charge is 0.481 e. The first-order valence-corrected chi connectivity index (χ1v) is 9.98. The number of carbonyl (C=O) groups is 2. The summed E-state index contributed by atoms with van der Waals surface area (Å²) in [5, 5.41) is 20.0. The van der Waals surface area contributed by atoms with Crippen molar-refractivity contribution in [3.8, 4) is 0 Å². The first kappa shape index (κ1) is 21.7. The molecule has 1 amide bonds. The lowest BCUT2D eigenvalue weighted by molar-refractivity contribution is -0.384. The van der Waals surface area contributed by atoms with E-state index in [2.05, 4.69) is 4.90 Å². The Morgan fingerprint density at radius 2 is 1.77 bits per heavy atom. The second-order valence-corrected chi connectivity index (χ2v) is 7.52. The van der Waals surface area contributed by atoms with Crippen molar-refractivity contribution in [2.45, 2.75) is 18.9 Å². The number of halogens is 1. The first-order valence-electron chi connectivity index (χ1n) is 9.61. The van der Waals surface area contributed by atoms with Crippen molar-refractivity contribution >= 4 is 29.2 Å². The fourth-order valence-electron chi connectivity index (χ4n) is 3.69. The number of non-ortho nitro benzene ring substituents is 1. The zero-order chi connectivity index (χ0) is 21.7. The number of nitro groups is 1. The Balaban J connectivity index is 1.68. The van der Waals surface area contributed by atoms with E-state index in [1.165, 1.54) is 18.2 Å². The standard InChI is InChI=1S/C21H22ClN3O5/c22-18-14-16(25(29)30)6-7-17(18)21(28)24-12-10-23(11-13-24)19(8-9-20(26)27)15-4-2-1-3-5-15/h1-7,14,19H,8-13H2,(H,26,27)/t19-/m0/s1. The summed E-state index contributed by atoms with van der Waals surface area (Å²) in [6, 6.07) is 13.6. The van der Waals surface area contributed by atoms with E-state index in [1.807, 2.05) is 30.3 Å². The van der Waals surface area contributed by atoms with Crippen LogP contribution in [-0.4, -0.2) is 57.9 Å². The van der Waals surface area contributed by atoms with Crippen LogP contribution in [-0.2, 0) is 4.79 Å². The van der Waals surface area contributed by atoms with E-state index in [1.54, 1.807) is 4.90 Å². The number of carboxylic acid groups (broad SMARTS) is 1. The number of nitrogens with zero attached hydrogens (tertiary/aromatic N) is 3. The van der Waals surface area contributed by atoms with Crippen LogP contribution in [0.25, 0.3) is 0 Å². The summed E-state index contributed by atoms with van der Waals surface area (Å²) in [4.78, 5) is 38.1. The van der Waals surface area contributed by atoms with Gasteiger partial charge in [0, 0.05) is 50.8 Å². The number of nitro benzene ring substituents is 1. The molecule has 1 aliphatic heterocycles. The summed E-state index contributed by atoms with van der Waals surface area (Å²) in [7, 11) is 0. The number of carboxylic acids is 1. The van der Waals surface area contributed by atoms with Crippen LogP contribution in [0.3, 0.4) is 0 Å². The Morgan fingerprint density at radius 3 is 2.33 bits per heavy atom. The summed E-state index contributed by atoms with van der Waals surface area (Å²) in [5.41, 5.74) is 1.13. The van der Waals surface area contributed by atoms with Gasteiger partial charge in [-0.05, 0) is 18.1 Å². The van der Waals surface area contributed by atoms with Gasteiger partial charge in [0.25, 0.3) is 11.6 Å². The summed E-state index contributed by atoms with van der Waals surface area (Å²) in [6.07, 6.45) is 0.554. The second kappa shape index (κ2) is 9.69. The lowest BCUT2D eigenvalue weighted by Gasteiger charge is -2.39. The highest BCUT2D eigenvalue weighted by Gasteiger charge is 2.29. The molecule has 2 aromatic rings. The van der Waals surface area contributed by atoms with Crippen molar-refractivity contribution in [1.29, 1.82) is 0 Å². The number of rotatable bonds is 7. The maximum Gasteiger partial charge on any atom is 0.303 e.